The van der Waals surface area contributed by atoms with Crippen molar-refractivity contribution in [2.45, 2.75) is 147 Å². The van der Waals surface area contributed by atoms with E-state index in [1.807, 2.05) is 0 Å². The highest BCUT2D eigenvalue weighted by Gasteiger charge is 2.33. The van der Waals surface area contributed by atoms with Crippen molar-refractivity contribution in [3.63, 3.8) is 0 Å². The number of unbranched alkanes of at least 4 members (excludes halogenated alkanes) is 3. The fourth-order valence-electron chi connectivity index (χ4n) is 4.69. The molecule has 0 amide bonds. The minimum Gasteiger partial charge on any atom is -0.481 e. The molecule has 0 saturated carbocycles. The van der Waals surface area contributed by atoms with Crippen LogP contribution in [0, 0.1) is 0 Å². The summed E-state index contributed by atoms with van der Waals surface area (Å²) in [5.41, 5.74) is 0. The number of carboxylic acids is 1. The van der Waals surface area contributed by atoms with Crippen molar-refractivity contribution in [2.24, 2.45) is 0 Å². The lowest BCUT2D eigenvalue weighted by Gasteiger charge is -2.36. The van der Waals surface area contributed by atoms with Crippen LogP contribution in [0.4, 0.5) is 0 Å². The van der Waals surface area contributed by atoms with Crippen LogP contribution >= 0.6 is 0 Å². The zero-order valence-electron chi connectivity index (χ0n) is 22.2. The van der Waals surface area contributed by atoms with Gasteiger partial charge in [0.1, 0.15) is 0 Å². The van der Waals surface area contributed by atoms with Crippen LogP contribution in [0.5, 0.6) is 0 Å². The summed E-state index contributed by atoms with van der Waals surface area (Å²) in [6, 6.07) is 0. The van der Waals surface area contributed by atoms with E-state index >= 15 is 0 Å². The summed E-state index contributed by atoms with van der Waals surface area (Å²) < 4.78 is 24.2. The summed E-state index contributed by atoms with van der Waals surface area (Å²) in [6.45, 7) is 7.72. The Kier molecular flexibility index (Phi) is 17.9. The Labute approximate surface area is 207 Å². The molecule has 0 aliphatic carbocycles. The highest BCUT2D eigenvalue weighted by Crippen LogP contribution is 2.29. The van der Waals surface area contributed by atoms with Crippen molar-refractivity contribution in [1.82, 2.24) is 0 Å². The predicted molar refractivity (Wildman–Crippen MR) is 134 cm³/mol. The van der Waals surface area contributed by atoms with E-state index in [2.05, 4.69) is 20.8 Å². The Morgan fingerprint density at radius 2 is 1.68 bits per heavy atom. The molecule has 0 aromatic carbocycles. The molecule has 7 nitrogen and oxygen atoms in total. The van der Waals surface area contributed by atoms with E-state index < -0.39 is 5.97 Å². The normalized spacial score (nSPS) is 23.5. The lowest BCUT2D eigenvalue weighted by molar-refractivity contribution is -0.153. The second-order valence-corrected chi connectivity index (χ2v) is 9.84. The quantitative estimate of drug-likeness (QED) is 0.206. The van der Waals surface area contributed by atoms with Gasteiger partial charge in [-0.3, -0.25) is 4.79 Å². The molecule has 7 heteroatoms. The number of methoxy groups -OCH3 is 1. The molecule has 0 spiro atoms. The SMILES string of the molecule is CCCCC[C@H](O)CCOC(CCC)C[C@H](CC1C[C@H](OCCCC)CC(CC(=O)O)O1)OC. The topological polar surface area (TPSA) is 94.5 Å². The maximum absolute atomic E-state index is 11.3. The van der Waals surface area contributed by atoms with Crippen molar-refractivity contribution in [3.8, 4) is 0 Å². The minimum atomic E-state index is -0.838. The van der Waals surface area contributed by atoms with Crippen LogP contribution in [0.1, 0.15) is 111 Å². The second kappa shape index (κ2) is 19.5. The monoisotopic (exact) mass is 488 g/mol. The Balaban J connectivity index is 2.57. The first kappa shape index (κ1) is 31.3. The molecule has 0 aromatic rings. The summed E-state index contributed by atoms with van der Waals surface area (Å²) in [6.07, 6.45) is 11.2. The van der Waals surface area contributed by atoms with Crippen LogP contribution in [-0.2, 0) is 23.7 Å². The average molecular weight is 489 g/mol. The van der Waals surface area contributed by atoms with Crippen molar-refractivity contribution in [2.75, 3.05) is 20.3 Å². The van der Waals surface area contributed by atoms with Crippen LogP contribution in [0.15, 0.2) is 0 Å². The van der Waals surface area contributed by atoms with Gasteiger partial charge in [0.15, 0.2) is 0 Å². The third-order valence-electron chi connectivity index (χ3n) is 6.63. The molecule has 1 fully saturated rings. The summed E-state index contributed by atoms with van der Waals surface area (Å²) in [4.78, 5) is 11.3. The van der Waals surface area contributed by atoms with Gasteiger partial charge in [-0.25, -0.2) is 0 Å². The number of hydrogen-bond donors (Lipinski definition) is 2. The van der Waals surface area contributed by atoms with E-state index in [9.17, 15) is 15.0 Å². The highest BCUT2D eigenvalue weighted by atomic mass is 16.5. The zero-order valence-corrected chi connectivity index (χ0v) is 22.2. The van der Waals surface area contributed by atoms with Gasteiger partial charge in [0.2, 0.25) is 0 Å². The molecule has 1 saturated heterocycles. The molecular weight excluding hydrogens is 436 g/mol. The fraction of sp³-hybridized carbons (Fsp3) is 0.963. The summed E-state index contributed by atoms with van der Waals surface area (Å²) in [5, 5.41) is 19.4. The van der Waals surface area contributed by atoms with Crippen molar-refractivity contribution in [1.29, 1.82) is 0 Å². The number of carbonyl (C=O) groups is 1. The van der Waals surface area contributed by atoms with Gasteiger partial charge in [-0.05, 0) is 44.9 Å². The summed E-state index contributed by atoms with van der Waals surface area (Å²) in [7, 11) is 1.72. The van der Waals surface area contributed by atoms with Crippen LogP contribution in [0.25, 0.3) is 0 Å². The predicted octanol–water partition coefficient (Wildman–Crippen LogP) is 5.51. The lowest BCUT2D eigenvalue weighted by atomic mass is 9.93. The van der Waals surface area contributed by atoms with Crippen LogP contribution in [-0.4, -0.2) is 73.1 Å². The first-order chi connectivity index (χ1) is 16.4. The van der Waals surface area contributed by atoms with Gasteiger partial charge in [0.25, 0.3) is 0 Å². The molecule has 0 radical (unpaired) electrons. The number of aliphatic hydroxyl groups is 1. The second-order valence-electron chi connectivity index (χ2n) is 9.84. The average Bonchev–Trinajstić information content (AvgIpc) is 2.78. The molecular formula is C27H52O7. The third-order valence-corrected chi connectivity index (χ3v) is 6.63. The van der Waals surface area contributed by atoms with Gasteiger partial charge in [-0.1, -0.05) is 52.9 Å². The maximum atomic E-state index is 11.3. The van der Waals surface area contributed by atoms with E-state index in [0.717, 1.165) is 64.2 Å². The highest BCUT2D eigenvalue weighted by molar-refractivity contribution is 5.67. The van der Waals surface area contributed by atoms with Crippen molar-refractivity contribution in [3.05, 3.63) is 0 Å². The molecule has 2 N–H and O–H groups in total. The van der Waals surface area contributed by atoms with E-state index in [1.165, 1.54) is 0 Å². The number of rotatable bonds is 21. The van der Waals surface area contributed by atoms with Crippen molar-refractivity contribution < 1.29 is 34.0 Å². The van der Waals surface area contributed by atoms with Crippen LogP contribution in [0.2, 0.25) is 0 Å². The van der Waals surface area contributed by atoms with Gasteiger partial charge >= 0.3 is 5.97 Å². The molecule has 0 aromatic heterocycles. The first-order valence-electron chi connectivity index (χ1n) is 13.7. The number of aliphatic hydroxyl groups excluding tert-OH is 1. The van der Waals surface area contributed by atoms with E-state index in [4.69, 9.17) is 18.9 Å². The standard InChI is InChI=1S/C27H52O7/c1-5-8-10-12-21(28)13-15-33-22(11-7-3)16-23(31-4)17-25-18-24(32-14-9-6-2)19-26(34-25)20-27(29)30/h21-26,28H,5-20H2,1-4H3,(H,29,30)/t21-,22?,23+,24-,25?,26?/m0/s1. The Morgan fingerprint density at radius 3 is 2.32 bits per heavy atom. The van der Waals surface area contributed by atoms with Crippen LogP contribution in [0.3, 0.4) is 0 Å². The third kappa shape index (κ3) is 14.6. The fourth-order valence-corrected chi connectivity index (χ4v) is 4.69. The van der Waals surface area contributed by atoms with Gasteiger partial charge in [0.05, 0.1) is 43.0 Å². The zero-order chi connectivity index (χ0) is 25.2. The Bertz CT molecular complexity index is 501. The van der Waals surface area contributed by atoms with Crippen LogP contribution < -0.4 is 0 Å². The number of aliphatic carboxylic acids is 1. The number of carboxylic acid groups (broad SMARTS) is 1. The van der Waals surface area contributed by atoms with Gasteiger partial charge in [-0.15, -0.1) is 0 Å². The molecule has 6 atom stereocenters. The van der Waals surface area contributed by atoms with E-state index in [-0.39, 0.29) is 43.0 Å². The summed E-state index contributed by atoms with van der Waals surface area (Å²) >= 11 is 0. The largest absolute Gasteiger partial charge is 0.481 e. The molecule has 0 bridgehead atoms. The molecule has 1 heterocycles. The molecule has 1 rings (SSSR count). The summed E-state index contributed by atoms with van der Waals surface area (Å²) in [5.74, 6) is -0.838. The molecule has 3 unspecified atom stereocenters. The maximum Gasteiger partial charge on any atom is 0.305 e. The number of hydrogen-bond acceptors (Lipinski definition) is 6. The first-order valence-corrected chi connectivity index (χ1v) is 13.7. The molecule has 1 aliphatic heterocycles. The smallest absolute Gasteiger partial charge is 0.305 e. The number of ether oxygens (including phenoxy) is 4. The Hall–Kier alpha value is -0.730. The van der Waals surface area contributed by atoms with E-state index in [0.29, 0.717) is 32.5 Å². The Morgan fingerprint density at radius 1 is 0.941 bits per heavy atom. The van der Waals surface area contributed by atoms with Crippen molar-refractivity contribution >= 4 is 5.97 Å². The van der Waals surface area contributed by atoms with Gasteiger partial charge < -0.3 is 29.2 Å². The van der Waals surface area contributed by atoms with Gasteiger partial charge in [-0.2, -0.15) is 0 Å². The lowest BCUT2D eigenvalue weighted by Crippen LogP contribution is -2.40. The molecule has 202 valence electrons. The van der Waals surface area contributed by atoms with E-state index in [1.54, 1.807) is 7.11 Å². The van der Waals surface area contributed by atoms with Gasteiger partial charge in [0, 0.05) is 26.7 Å². The molecule has 34 heavy (non-hydrogen) atoms. The molecule has 1 aliphatic rings. The minimum absolute atomic E-state index is 0.00391.